The highest BCUT2D eigenvalue weighted by Crippen LogP contribution is 2.25. The van der Waals surface area contributed by atoms with Gasteiger partial charge in [-0.15, -0.1) is 0 Å². The maximum atomic E-state index is 11.8. The van der Waals surface area contributed by atoms with E-state index in [4.69, 9.17) is 27.9 Å². The summed E-state index contributed by atoms with van der Waals surface area (Å²) in [7, 11) is 0. The second kappa shape index (κ2) is 8.57. The second-order valence-electron chi connectivity index (χ2n) is 5.05. The SMILES string of the molecule is Cc1cccc(OCC(=O)NCC(=O)Nc2cc(Cl)ccc2Cl)c1. The van der Waals surface area contributed by atoms with E-state index in [1.165, 1.54) is 6.07 Å². The van der Waals surface area contributed by atoms with Crippen LogP contribution in [0.25, 0.3) is 0 Å². The van der Waals surface area contributed by atoms with E-state index in [1.807, 2.05) is 25.1 Å². The second-order valence-corrected chi connectivity index (χ2v) is 5.90. The van der Waals surface area contributed by atoms with Crippen LogP contribution in [0, 0.1) is 6.92 Å². The average molecular weight is 367 g/mol. The van der Waals surface area contributed by atoms with Gasteiger partial charge in [-0.1, -0.05) is 35.3 Å². The van der Waals surface area contributed by atoms with Crippen molar-refractivity contribution in [3.05, 3.63) is 58.1 Å². The van der Waals surface area contributed by atoms with Crippen molar-refractivity contribution in [2.24, 2.45) is 0 Å². The van der Waals surface area contributed by atoms with Gasteiger partial charge in [0.2, 0.25) is 5.91 Å². The summed E-state index contributed by atoms with van der Waals surface area (Å²) in [5.41, 5.74) is 1.42. The van der Waals surface area contributed by atoms with Crippen LogP contribution >= 0.6 is 23.2 Å². The van der Waals surface area contributed by atoms with E-state index in [9.17, 15) is 9.59 Å². The van der Waals surface area contributed by atoms with E-state index in [2.05, 4.69) is 10.6 Å². The fraction of sp³-hybridized carbons (Fsp3) is 0.176. The first-order valence-electron chi connectivity index (χ1n) is 7.15. The minimum absolute atomic E-state index is 0.172. The molecule has 2 amide bonds. The van der Waals surface area contributed by atoms with E-state index in [0.717, 1.165) is 5.56 Å². The van der Waals surface area contributed by atoms with Gasteiger partial charge in [-0.25, -0.2) is 0 Å². The van der Waals surface area contributed by atoms with Crippen LogP contribution < -0.4 is 15.4 Å². The average Bonchev–Trinajstić information content (AvgIpc) is 2.54. The van der Waals surface area contributed by atoms with Gasteiger partial charge in [0.15, 0.2) is 6.61 Å². The summed E-state index contributed by atoms with van der Waals surface area (Å²) in [5.74, 6) is -0.216. The monoisotopic (exact) mass is 366 g/mol. The van der Waals surface area contributed by atoms with Gasteiger partial charge >= 0.3 is 0 Å². The zero-order valence-corrected chi connectivity index (χ0v) is 14.4. The number of rotatable bonds is 6. The van der Waals surface area contributed by atoms with Crippen LogP contribution in [0.15, 0.2) is 42.5 Å². The molecular weight excluding hydrogens is 351 g/mol. The summed E-state index contributed by atoms with van der Waals surface area (Å²) in [4.78, 5) is 23.5. The molecule has 0 radical (unpaired) electrons. The number of carbonyl (C=O) groups is 2. The molecule has 0 bridgehead atoms. The molecule has 0 heterocycles. The van der Waals surface area contributed by atoms with Crippen molar-refractivity contribution in [3.8, 4) is 5.75 Å². The predicted molar refractivity (Wildman–Crippen MR) is 94.8 cm³/mol. The van der Waals surface area contributed by atoms with Crippen molar-refractivity contribution in [1.82, 2.24) is 5.32 Å². The van der Waals surface area contributed by atoms with Gasteiger partial charge < -0.3 is 15.4 Å². The largest absolute Gasteiger partial charge is 0.484 e. The smallest absolute Gasteiger partial charge is 0.258 e. The molecule has 5 nitrogen and oxygen atoms in total. The molecule has 2 N–H and O–H groups in total. The van der Waals surface area contributed by atoms with Gasteiger partial charge in [-0.05, 0) is 42.8 Å². The minimum Gasteiger partial charge on any atom is -0.484 e. The Bertz CT molecular complexity index is 750. The van der Waals surface area contributed by atoms with Crippen LogP contribution in [0.5, 0.6) is 5.75 Å². The molecule has 7 heteroatoms. The first-order valence-corrected chi connectivity index (χ1v) is 7.91. The molecule has 2 aromatic rings. The Hall–Kier alpha value is -2.24. The minimum atomic E-state index is -0.414. The number of amides is 2. The lowest BCUT2D eigenvalue weighted by Gasteiger charge is -2.10. The molecule has 0 atom stereocenters. The first-order chi connectivity index (χ1) is 11.4. The van der Waals surface area contributed by atoms with Crippen LogP contribution in [-0.4, -0.2) is 25.0 Å². The number of aryl methyl sites for hydroxylation is 1. The Kier molecular flexibility index (Phi) is 6.46. The van der Waals surface area contributed by atoms with Crippen molar-refractivity contribution in [2.75, 3.05) is 18.5 Å². The van der Waals surface area contributed by atoms with Gasteiger partial charge in [0.1, 0.15) is 5.75 Å². The highest BCUT2D eigenvalue weighted by Gasteiger charge is 2.09. The molecule has 126 valence electrons. The third-order valence-corrected chi connectivity index (χ3v) is 3.57. The lowest BCUT2D eigenvalue weighted by Crippen LogP contribution is -2.35. The number of halogens is 2. The lowest BCUT2D eigenvalue weighted by molar-refractivity contribution is -0.125. The van der Waals surface area contributed by atoms with Gasteiger partial charge in [0, 0.05) is 5.02 Å². The number of ether oxygens (including phenoxy) is 1. The molecule has 0 spiro atoms. The molecule has 24 heavy (non-hydrogen) atoms. The number of nitrogens with one attached hydrogen (secondary N) is 2. The van der Waals surface area contributed by atoms with Crippen LogP contribution in [0.2, 0.25) is 10.0 Å². The molecule has 2 aromatic carbocycles. The summed E-state index contributed by atoms with van der Waals surface area (Å²) < 4.78 is 5.35. The molecule has 0 aromatic heterocycles. The highest BCUT2D eigenvalue weighted by atomic mass is 35.5. The van der Waals surface area contributed by atoms with Crippen molar-refractivity contribution in [2.45, 2.75) is 6.92 Å². The molecular formula is C17H16Cl2N2O3. The summed E-state index contributed by atoms with van der Waals surface area (Å²) in [6.07, 6.45) is 0. The number of benzene rings is 2. The normalized spacial score (nSPS) is 10.1. The Balaban J connectivity index is 1.77. The molecule has 0 aliphatic carbocycles. The number of carbonyl (C=O) groups excluding carboxylic acids is 2. The molecule has 2 rings (SSSR count). The Morgan fingerprint density at radius 1 is 1.08 bits per heavy atom. The van der Waals surface area contributed by atoms with Crippen LogP contribution in [-0.2, 0) is 9.59 Å². The fourth-order valence-corrected chi connectivity index (χ4v) is 2.21. The summed E-state index contributed by atoms with van der Waals surface area (Å²) in [6.45, 7) is 1.56. The van der Waals surface area contributed by atoms with Gasteiger partial charge in [0.05, 0.1) is 17.3 Å². The van der Waals surface area contributed by atoms with Crippen LogP contribution in [0.3, 0.4) is 0 Å². The van der Waals surface area contributed by atoms with Crippen LogP contribution in [0.4, 0.5) is 5.69 Å². The number of hydrogen-bond acceptors (Lipinski definition) is 3. The van der Waals surface area contributed by atoms with Crippen molar-refractivity contribution in [1.29, 1.82) is 0 Å². The number of anilines is 1. The Labute approximate surface area is 149 Å². The molecule has 0 fully saturated rings. The van der Waals surface area contributed by atoms with E-state index in [0.29, 0.717) is 21.5 Å². The molecule has 0 saturated heterocycles. The molecule has 0 aliphatic heterocycles. The van der Waals surface area contributed by atoms with Gasteiger partial charge in [-0.2, -0.15) is 0 Å². The highest BCUT2D eigenvalue weighted by molar-refractivity contribution is 6.35. The predicted octanol–water partition coefficient (Wildman–Crippen LogP) is 3.44. The fourth-order valence-electron chi connectivity index (χ4n) is 1.87. The zero-order valence-electron chi connectivity index (χ0n) is 12.9. The van der Waals surface area contributed by atoms with E-state index < -0.39 is 11.8 Å². The van der Waals surface area contributed by atoms with Crippen molar-refractivity contribution >= 4 is 40.7 Å². The zero-order chi connectivity index (χ0) is 17.5. The maximum absolute atomic E-state index is 11.8. The third kappa shape index (κ3) is 5.76. The summed E-state index contributed by atoms with van der Waals surface area (Å²) in [6, 6.07) is 12.1. The molecule has 0 aliphatic rings. The van der Waals surface area contributed by atoms with Gasteiger partial charge in [-0.3, -0.25) is 9.59 Å². The maximum Gasteiger partial charge on any atom is 0.258 e. The Morgan fingerprint density at radius 3 is 2.62 bits per heavy atom. The molecule has 0 unspecified atom stereocenters. The summed E-state index contributed by atoms with van der Waals surface area (Å²) >= 11 is 11.8. The summed E-state index contributed by atoms with van der Waals surface area (Å²) in [5, 5.41) is 5.86. The van der Waals surface area contributed by atoms with E-state index >= 15 is 0 Å². The van der Waals surface area contributed by atoms with Crippen molar-refractivity contribution in [3.63, 3.8) is 0 Å². The van der Waals surface area contributed by atoms with Gasteiger partial charge in [0.25, 0.3) is 5.91 Å². The quantitative estimate of drug-likeness (QED) is 0.822. The van der Waals surface area contributed by atoms with Crippen LogP contribution in [0.1, 0.15) is 5.56 Å². The topological polar surface area (TPSA) is 67.4 Å². The van der Waals surface area contributed by atoms with E-state index in [-0.39, 0.29) is 13.2 Å². The molecule has 0 saturated carbocycles. The standard InChI is InChI=1S/C17H16Cl2N2O3/c1-11-3-2-4-13(7-11)24-10-17(23)20-9-16(22)21-15-8-12(18)5-6-14(15)19/h2-8H,9-10H2,1H3,(H,20,23)(H,21,22). The van der Waals surface area contributed by atoms with Crippen molar-refractivity contribution < 1.29 is 14.3 Å². The number of hydrogen-bond donors (Lipinski definition) is 2. The first kappa shape index (κ1) is 18.1. The lowest BCUT2D eigenvalue weighted by atomic mass is 10.2. The third-order valence-electron chi connectivity index (χ3n) is 3.01. The van der Waals surface area contributed by atoms with E-state index in [1.54, 1.807) is 18.2 Å². The Morgan fingerprint density at radius 2 is 1.88 bits per heavy atom.